The van der Waals surface area contributed by atoms with Crippen molar-refractivity contribution < 1.29 is 9.18 Å². The molecule has 20 heavy (non-hydrogen) atoms. The topological polar surface area (TPSA) is 41.1 Å². The molecule has 0 heterocycles. The summed E-state index contributed by atoms with van der Waals surface area (Å²) in [6.45, 7) is 3.70. The van der Waals surface area contributed by atoms with E-state index in [9.17, 15) is 9.18 Å². The third kappa shape index (κ3) is 3.35. The quantitative estimate of drug-likeness (QED) is 0.894. The molecular formula is C16H17FN2O. The first-order valence-corrected chi connectivity index (χ1v) is 6.42. The van der Waals surface area contributed by atoms with Gasteiger partial charge in [0.2, 0.25) is 5.91 Å². The van der Waals surface area contributed by atoms with Gasteiger partial charge in [-0.2, -0.15) is 0 Å². The Morgan fingerprint density at radius 1 is 1.05 bits per heavy atom. The van der Waals surface area contributed by atoms with Gasteiger partial charge in [-0.3, -0.25) is 4.79 Å². The minimum atomic E-state index is -0.283. The summed E-state index contributed by atoms with van der Waals surface area (Å²) in [4.78, 5) is 11.9. The molecule has 0 aliphatic rings. The van der Waals surface area contributed by atoms with Crippen LogP contribution in [-0.4, -0.2) is 12.5 Å². The second-order valence-corrected chi connectivity index (χ2v) is 4.63. The summed E-state index contributed by atoms with van der Waals surface area (Å²) >= 11 is 0. The number of halogens is 1. The van der Waals surface area contributed by atoms with Gasteiger partial charge in [0.1, 0.15) is 5.82 Å². The number of carbonyl (C=O) groups excluding carboxylic acids is 1. The van der Waals surface area contributed by atoms with Crippen LogP contribution in [0, 0.1) is 19.7 Å². The molecule has 2 N–H and O–H groups in total. The van der Waals surface area contributed by atoms with Crippen LogP contribution in [0.2, 0.25) is 0 Å². The Bertz CT molecular complexity index is 626. The van der Waals surface area contributed by atoms with Gasteiger partial charge >= 0.3 is 0 Å². The van der Waals surface area contributed by atoms with Gasteiger partial charge in [-0.25, -0.2) is 4.39 Å². The normalized spacial score (nSPS) is 10.2. The van der Waals surface area contributed by atoms with E-state index in [1.165, 1.54) is 6.07 Å². The van der Waals surface area contributed by atoms with Crippen LogP contribution in [0.5, 0.6) is 0 Å². The number of nitrogens with one attached hydrogen (secondary N) is 2. The standard InChI is InChI=1S/C16H17FN2O/c1-11-6-3-4-8-14(11)19-16(20)10-18-15-9-5-7-13(17)12(15)2/h3-9,18H,10H2,1-2H3,(H,19,20). The van der Waals surface area contributed by atoms with Gasteiger partial charge < -0.3 is 10.6 Å². The number of hydrogen-bond acceptors (Lipinski definition) is 2. The third-order valence-corrected chi connectivity index (χ3v) is 3.13. The lowest BCUT2D eigenvalue weighted by Crippen LogP contribution is -2.22. The highest BCUT2D eigenvalue weighted by atomic mass is 19.1. The van der Waals surface area contributed by atoms with Crippen LogP contribution < -0.4 is 10.6 Å². The van der Waals surface area contributed by atoms with E-state index in [2.05, 4.69) is 10.6 Å². The van der Waals surface area contributed by atoms with E-state index in [-0.39, 0.29) is 18.3 Å². The number of aryl methyl sites for hydroxylation is 1. The van der Waals surface area contributed by atoms with Gasteiger partial charge in [-0.15, -0.1) is 0 Å². The number of para-hydroxylation sites is 1. The van der Waals surface area contributed by atoms with Crippen molar-refractivity contribution in [1.29, 1.82) is 0 Å². The lowest BCUT2D eigenvalue weighted by atomic mass is 10.2. The molecule has 0 atom stereocenters. The fraction of sp³-hybridized carbons (Fsp3) is 0.188. The molecule has 2 aromatic carbocycles. The smallest absolute Gasteiger partial charge is 0.243 e. The Balaban J connectivity index is 1.96. The van der Waals surface area contributed by atoms with Crippen molar-refractivity contribution in [3.63, 3.8) is 0 Å². The summed E-state index contributed by atoms with van der Waals surface area (Å²) in [5, 5.41) is 5.76. The fourth-order valence-corrected chi connectivity index (χ4v) is 1.88. The Hall–Kier alpha value is -2.36. The van der Waals surface area contributed by atoms with Crippen molar-refractivity contribution >= 4 is 17.3 Å². The Morgan fingerprint density at radius 2 is 1.75 bits per heavy atom. The summed E-state index contributed by atoms with van der Waals surface area (Å²) in [5.74, 6) is -0.447. The van der Waals surface area contributed by atoms with E-state index in [0.717, 1.165) is 11.3 Å². The van der Waals surface area contributed by atoms with Crippen molar-refractivity contribution in [3.8, 4) is 0 Å². The molecule has 0 radical (unpaired) electrons. The molecule has 0 bridgehead atoms. The molecule has 2 rings (SSSR count). The predicted octanol–water partition coefficient (Wildman–Crippen LogP) is 3.49. The zero-order valence-electron chi connectivity index (χ0n) is 11.5. The monoisotopic (exact) mass is 272 g/mol. The van der Waals surface area contributed by atoms with Crippen molar-refractivity contribution in [2.75, 3.05) is 17.2 Å². The van der Waals surface area contributed by atoms with E-state index >= 15 is 0 Å². The van der Waals surface area contributed by atoms with Gasteiger partial charge in [-0.05, 0) is 37.6 Å². The van der Waals surface area contributed by atoms with Gasteiger partial charge in [0.25, 0.3) is 0 Å². The van der Waals surface area contributed by atoms with Crippen molar-refractivity contribution in [2.45, 2.75) is 13.8 Å². The SMILES string of the molecule is Cc1ccccc1NC(=O)CNc1cccc(F)c1C. The van der Waals surface area contributed by atoms with Gasteiger partial charge in [0.15, 0.2) is 0 Å². The van der Waals surface area contributed by atoms with Crippen molar-refractivity contribution in [2.24, 2.45) is 0 Å². The molecule has 0 spiro atoms. The first-order valence-electron chi connectivity index (χ1n) is 6.42. The molecule has 0 aliphatic heterocycles. The minimum absolute atomic E-state index is 0.0959. The highest BCUT2D eigenvalue weighted by molar-refractivity contribution is 5.94. The summed E-state index contributed by atoms with van der Waals surface area (Å²) in [7, 11) is 0. The number of amides is 1. The fourth-order valence-electron chi connectivity index (χ4n) is 1.88. The Labute approximate surface area is 117 Å². The highest BCUT2D eigenvalue weighted by Gasteiger charge is 2.06. The van der Waals surface area contributed by atoms with E-state index in [0.29, 0.717) is 11.3 Å². The van der Waals surface area contributed by atoms with Crippen LogP contribution in [0.4, 0.5) is 15.8 Å². The van der Waals surface area contributed by atoms with Crippen molar-refractivity contribution in [3.05, 3.63) is 59.4 Å². The number of benzene rings is 2. The molecular weight excluding hydrogens is 255 g/mol. The van der Waals surface area contributed by atoms with Crippen LogP contribution in [0.25, 0.3) is 0 Å². The summed E-state index contributed by atoms with van der Waals surface area (Å²) in [5.41, 5.74) is 2.93. The number of hydrogen-bond donors (Lipinski definition) is 2. The average Bonchev–Trinajstić information content (AvgIpc) is 2.43. The lowest BCUT2D eigenvalue weighted by molar-refractivity contribution is -0.114. The van der Waals surface area contributed by atoms with E-state index < -0.39 is 0 Å². The van der Waals surface area contributed by atoms with Crippen LogP contribution in [0.3, 0.4) is 0 Å². The largest absolute Gasteiger partial charge is 0.376 e. The Kier molecular flexibility index (Phi) is 4.35. The molecule has 0 unspecified atom stereocenters. The second kappa shape index (κ2) is 6.19. The van der Waals surface area contributed by atoms with Crippen molar-refractivity contribution in [1.82, 2.24) is 0 Å². The molecule has 1 amide bonds. The first-order chi connectivity index (χ1) is 9.58. The summed E-state index contributed by atoms with van der Waals surface area (Å²) in [6.07, 6.45) is 0. The van der Waals surface area contributed by atoms with Crippen LogP contribution >= 0.6 is 0 Å². The predicted molar refractivity (Wildman–Crippen MR) is 79.4 cm³/mol. The number of rotatable bonds is 4. The molecule has 104 valence electrons. The zero-order chi connectivity index (χ0) is 14.5. The van der Waals surface area contributed by atoms with Crippen LogP contribution in [0.1, 0.15) is 11.1 Å². The van der Waals surface area contributed by atoms with Gasteiger partial charge in [0, 0.05) is 16.9 Å². The van der Waals surface area contributed by atoms with Gasteiger partial charge in [0.05, 0.1) is 6.54 Å². The first kappa shape index (κ1) is 14.1. The zero-order valence-corrected chi connectivity index (χ0v) is 11.5. The maximum atomic E-state index is 13.4. The molecule has 3 nitrogen and oxygen atoms in total. The maximum Gasteiger partial charge on any atom is 0.243 e. The second-order valence-electron chi connectivity index (χ2n) is 4.63. The lowest BCUT2D eigenvalue weighted by Gasteiger charge is -2.11. The van der Waals surface area contributed by atoms with Gasteiger partial charge in [-0.1, -0.05) is 24.3 Å². The maximum absolute atomic E-state index is 13.4. The van der Waals surface area contributed by atoms with E-state index in [1.807, 2.05) is 31.2 Å². The molecule has 2 aromatic rings. The average molecular weight is 272 g/mol. The number of anilines is 2. The molecule has 4 heteroatoms. The van der Waals surface area contributed by atoms with Crippen LogP contribution in [0.15, 0.2) is 42.5 Å². The molecule has 0 fully saturated rings. The molecule has 0 saturated heterocycles. The Morgan fingerprint density at radius 3 is 2.50 bits per heavy atom. The van der Waals surface area contributed by atoms with Crippen LogP contribution in [-0.2, 0) is 4.79 Å². The van der Waals surface area contributed by atoms with E-state index in [4.69, 9.17) is 0 Å². The highest BCUT2D eigenvalue weighted by Crippen LogP contribution is 2.17. The minimum Gasteiger partial charge on any atom is -0.376 e. The molecule has 0 aliphatic carbocycles. The summed E-state index contributed by atoms with van der Waals surface area (Å²) in [6, 6.07) is 12.3. The number of carbonyl (C=O) groups is 1. The third-order valence-electron chi connectivity index (χ3n) is 3.13. The summed E-state index contributed by atoms with van der Waals surface area (Å²) < 4.78 is 13.4. The molecule has 0 aromatic heterocycles. The molecule has 0 saturated carbocycles. The van der Waals surface area contributed by atoms with E-state index in [1.54, 1.807) is 19.1 Å².